The summed E-state index contributed by atoms with van der Waals surface area (Å²) in [4.78, 5) is 80.3. The zero-order chi connectivity index (χ0) is 49.8. The van der Waals surface area contributed by atoms with E-state index >= 15 is 0 Å². The molecule has 69 heavy (non-hydrogen) atoms. The highest BCUT2D eigenvalue weighted by atomic mass is 19.1. The van der Waals surface area contributed by atoms with Gasteiger partial charge in [-0.2, -0.15) is 0 Å². The average Bonchev–Trinajstić information content (AvgIpc) is 4.10. The summed E-state index contributed by atoms with van der Waals surface area (Å²) in [5.74, 6) is -2.88. The van der Waals surface area contributed by atoms with Crippen molar-refractivity contribution >= 4 is 70.1 Å². The van der Waals surface area contributed by atoms with Crippen LogP contribution in [0.1, 0.15) is 113 Å². The number of hydrogen-bond donors (Lipinski definition) is 10. The van der Waals surface area contributed by atoms with E-state index in [-0.39, 0.29) is 49.8 Å². The number of aryl methyl sites for hydroxylation is 2. The smallest absolute Gasteiger partial charge is 0.332 e. The number of ketones is 1. The largest absolute Gasteiger partial charge is 0.479 e. The SMILES string of the molecule is C.CC(=O)CC(O)C(=O)O.CC[NH+](CC)CCNC(=O)c1c(C)[nH]c(/C=C2\C(=O)Nc3ccc(F)cc32)c1C.Cc1[nH]c(/C=C2\C(=O)Nc3ccccc32)c(C)c1C(=O)NCC(O)CN1CCCC1. The maximum absolute atomic E-state index is 13.7. The number of carboxylic acids is 1. The second kappa shape index (κ2) is 25.0. The summed E-state index contributed by atoms with van der Waals surface area (Å²) >= 11 is 0. The number of aliphatic hydroxyl groups excluding tert-OH is 2. The number of aromatic amines is 2. The molecule has 1 fully saturated rings. The average molecular weight is 956 g/mol. The molecule has 2 unspecified atom stereocenters. The molecule has 2 atom stereocenters. The van der Waals surface area contributed by atoms with Crippen LogP contribution in [0.2, 0.25) is 0 Å². The summed E-state index contributed by atoms with van der Waals surface area (Å²) in [7, 11) is 0. The van der Waals surface area contributed by atoms with E-state index in [0.717, 1.165) is 72.2 Å². The maximum atomic E-state index is 13.7. The number of carbonyl (C=O) groups excluding carboxylic acids is 5. The minimum Gasteiger partial charge on any atom is -0.479 e. The summed E-state index contributed by atoms with van der Waals surface area (Å²) in [5, 5.41) is 38.2. The fourth-order valence-electron chi connectivity index (χ4n) is 8.42. The molecule has 4 aromatic rings. The number of H-pyrrole nitrogens is 2. The van der Waals surface area contributed by atoms with Crippen LogP contribution < -0.4 is 26.2 Å². The van der Waals surface area contributed by atoms with Crippen LogP contribution in [0.4, 0.5) is 15.8 Å². The van der Waals surface area contributed by atoms with Crippen molar-refractivity contribution in [3.8, 4) is 0 Å². The number of likely N-dealkylation sites (N-methyl/N-ethyl adjacent to an activating group) is 1. The number of fused-ring (bicyclic) bond motifs is 2. The molecule has 0 bridgehead atoms. The van der Waals surface area contributed by atoms with Gasteiger partial charge in [0.15, 0.2) is 6.10 Å². The third-order valence-corrected chi connectivity index (χ3v) is 12.2. The topological polar surface area (TPSA) is 250 Å². The quantitative estimate of drug-likeness (QED) is 0.0715. The van der Waals surface area contributed by atoms with Crippen LogP contribution in [0.15, 0.2) is 42.5 Å². The van der Waals surface area contributed by atoms with E-state index in [1.807, 2.05) is 52.0 Å². The molecule has 0 radical (unpaired) electrons. The Morgan fingerprint density at radius 2 is 1.32 bits per heavy atom. The first kappa shape index (κ1) is 54.9. The normalized spacial score (nSPS) is 15.8. The van der Waals surface area contributed by atoms with Crippen molar-refractivity contribution in [1.29, 1.82) is 0 Å². The molecule has 10 N–H and O–H groups in total. The van der Waals surface area contributed by atoms with E-state index in [9.17, 15) is 38.3 Å². The minimum absolute atomic E-state index is 0. The van der Waals surface area contributed by atoms with E-state index in [1.54, 1.807) is 18.2 Å². The van der Waals surface area contributed by atoms with Gasteiger partial charge in [0.1, 0.15) is 11.6 Å². The lowest BCUT2D eigenvalue weighted by Gasteiger charge is -2.19. The highest BCUT2D eigenvalue weighted by Gasteiger charge is 2.28. The number of nitrogens with zero attached hydrogens (tertiary/aromatic N) is 1. The van der Waals surface area contributed by atoms with Gasteiger partial charge in [-0.05, 0) is 122 Å². The number of hydrogen-bond acceptors (Lipinski definition) is 9. The Labute approximate surface area is 402 Å². The molecule has 5 heterocycles. The van der Waals surface area contributed by atoms with Crippen molar-refractivity contribution in [3.05, 3.63) is 104 Å². The van der Waals surface area contributed by atoms with Crippen LogP contribution in [0.5, 0.6) is 0 Å². The summed E-state index contributed by atoms with van der Waals surface area (Å²) in [6, 6.07) is 11.8. The molecule has 3 aliphatic heterocycles. The van der Waals surface area contributed by atoms with Crippen LogP contribution in [0.25, 0.3) is 23.3 Å². The first-order valence-electron chi connectivity index (χ1n) is 22.9. The Morgan fingerprint density at radius 3 is 1.84 bits per heavy atom. The first-order valence-corrected chi connectivity index (χ1v) is 22.9. The van der Waals surface area contributed by atoms with Gasteiger partial charge < -0.3 is 56.4 Å². The van der Waals surface area contributed by atoms with Crippen LogP contribution in [-0.2, 0) is 19.2 Å². The summed E-state index contributed by atoms with van der Waals surface area (Å²) in [6.45, 7) is 19.2. The monoisotopic (exact) mass is 956 g/mol. The number of aliphatic hydroxyl groups is 2. The van der Waals surface area contributed by atoms with E-state index in [4.69, 9.17) is 10.2 Å². The van der Waals surface area contributed by atoms with Gasteiger partial charge in [0.05, 0.1) is 54.6 Å². The van der Waals surface area contributed by atoms with E-state index in [1.165, 1.54) is 36.8 Å². The molecule has 372 valence electrons. The molecule has 2 aromatic heterocycles. The number of aliphatic carboxylic acids is 1. The van der Waals surface area contributed by atoms with Crippen molar-refractivity contribution < 1.29 is 53.4 Å². The molecule has 0 saturated carbocycles. The number of carbonyl (C=O) groups is 6. The Kier molecular flexibility index (Phi) is 19.9. The Morgan fingerprint density at radius 1 is 0.797 bits per heavy atom. The minimum atomic E-state index is -1.54. The number of rotatable bonds is 16. The molecular formula is C51H68FN8O9+. The van der Waals surface area contributed by atoms with E-state index in [2.05, 4.69) is 50.0 Å². The van der Waals surface area contributed by atoms with Crippen molar-refractivity contribution in [2.75, 3.05) is 63.0 Å². The standard InChI is InChI=1S/C23H28N4O3.C22H27FN4O2.C5H8O4.CH4/c1-14-20(11-18-17-7-3-4-8-19(17)26-22(18)29)25-15(2)21(14)23(30)24-12-16(28)13-27-9-5-6-10-27;1-5-27(6-2)10-9-24-22(29)20-13(3)19(25-14(20)4)12-17-16-11-15(23)7-8-18(16)26-21(17)28;1-3(6)2-4(7)5(8)9;/h3-4,7-8,11,16,25,28H,5-6,9-10,12-13H2,1-2H3,(H,24,30)(H,26,29);7-8,11-12,25H,5-6,9-10H2,1-4H3,(H,24,29)(H,26,28);4,7H,2H2,1H3,(H,8,9);1H4/p+1/b18-11-;17-12-;;. The van der Waals surface area contributed by atoms with Crippen LogP contribution in [0.3, 0.4) is 0 Å². The van der Waals surface area contributed by atoms with Crippen LogP contribution >= 0.6 is 0 Å². The van der Waals surface area contributed by atoms with Crippen molar-refractivity contribution in [3.63, 3.8) is 0 Å². The van der Waals surface area contributed by atoms with Gasteiger partial charge in [0.25, 0.3) is 23.6 Å². The molecule has 1 saturated heterocycles. The summed E-state index contributed by atoms with van der Waals surface area (Å²) < 4.78 is 13.7. The number of carboxylic acid groups (broad SMARTS) is 1. The number of anilines is 2. The predicted molar refractivity (Wildman–Crippen MR) is 265 cm³/mol. The Bertz CT molecular complexity index is 2590. The van der Waals surface area contributed by atoms with Crippen molar-refractivity contribution in [2.45, 2.75) is 87.4 Å². The Hall–Kier alpha value is -6.73. The fourth-order valence-corrected chi connectivity index (χ4v) is 8.42. The molecule has 4 amide bonds. The third-order valence-electron chi connectivity index (χ3n) is 12.2. The fraction of sp³-hybridized carbons (Fsp3) is 0.412. The van der Waals surface area contributed by atoms with Gasteiger partial charge in [0.2, 0.25) is 0 Å². The molecule has 0 aliphatic carbocycles. The molecule has 7 rings (SSSR count). The number of amides is 4. The highest BCUT2D eigenvalue weighted by Crippen LogP contribution is 2.35. The van der Waals surface area contributed by atoms with Crippen molar-refractivity contribution in [1.82, 2.24) is 25.5 Å². The maximum Gasteiger partial charge on any atom is 0.332 e. The van der Waals surface area contributed by atoms with Crippen molar-refractivity contribution in [2.24, 2.45) is 0 Å². The molecule has 17 nitrogen and oxygen atoms in total. The summed E-state index contributed by atoms with van der Waals surface area (Å²) in [6.07, 6.45) is 3.37. The number of Topliss-reactive ketones (excluding diaryl/α,β-unsaturated/α-hetero) is 1. The number of para-hydroxylation sites is 1. The van der Waals surface area contributed by atoms with Crippen LogP contribution in [0, 0.1) is 33.5 Å². The highest BCUT2D eigenvalue weighted by molar-refractivity contribution is 6.35. The van der Waals surface area contributed by atoms with E-state index < -0.39 is 24.0 Å². The van der Waals surface area contributed by atoms with Gasteiger partial charge >= 0.3 is 5.97 Å². The molecule has 0 spiro atoms. The second-order valence-corrected chi connectivity index (χ2v) is 17.2. The zero-order valence-corrected chi connectivity index (χ0v) is 39.7. The zero-order valence-electron chi connectivity index (χ0n) is 39.7. The number of quaternary nitrogens is 1. The van der Waals surface area contributed by atoms with Crippen LogP contribution in [-0.4, -0.2) is 130 Å². The third kappa shape index (κ3) is 14.2. The van der Waals surface area contributed by atoms with Gasteiger partial charge in [-0.3, -0.25) is 24.0 Å². The molecule has 2 aromatic carbocycles. The molecule has 18 heteroatoms. The number of benzene rings is 2. The number of likely N-dealkylation sites (tertiary alicyclic amines) is 1. The summed E-state index contributed by atoms with van der Waals surface area (Å²) in [5.41, 5.74) is 9.26. The predicted octanol–water partition coefficient (Wildman–Crippen LogP) is 4.28. The second-order valence-electron chi connectivity index (χ2n) is 17.2. The number of halogens is 1. The lowest BCUT2D eigenvalue weighted by Crippen LogP contribution is -3.12. The number of nitrogens with one attached hydrogen (secondary N) is 7. The van der Waals surface area contributed by atoms with Gasteiger partial charge in [-0.25, -0.2) is 9.18 Å². The lowest BCUT2D eigenvalue weighted by atomic mass is 10.0. The van der Waals surface area contributed by atoms with Gasteiger partial charge in [-0.15, -0.1) is 0 Å². The lowest BCUT2D eigenvalue weighted by molar-refractivity contribution is -0.895. The van der Waals surface area contributed by atoms with E-state index in [0.29, 0.717) is 52.3 Å². The number of aromatic nitrogens is 2. The molecule has 3 aliphatic rings. The number of β-amino-alcohol motifs (C(OH)–C–C–N with tert-alkyl or cyclic N) is 1. The van der Waals surface area contributed by atoms with Gasteiger partial charge in [-0.1, -0.05) is 25.6 Å². The Balaban J connectivity index is 0.000000253. The first-order chi connectivity index (χ1) is 32.3. The molecular weight excluding hydrogens is 888 g/mol. The van der Waals surface area contributed by atoms with Gasteiger partial charge in [0, 0.05) is 64.8 Å².